The molecule has 1 fully saturated rings. The third kappa shape index (κ3) is 3.05. The summed E-state index contributed by atoms with van der Waals surface area (Å²) in [5.41, 5.74) is 5.62. The maximum atomic E-state index is 13.3. The highest BCUT2D eigenvalue weighted by atomic mass is 32.2. The third-order valence-corrected chi connectivity index (χ3v) is 6.49. The first-order chi connectivity index (χ1) is 13.8. The Hall–Kier alpha value is -2.80. The molecule has 6 nitrogen and oxygen atoms in total. The summed E-state index contributed by atoms with van der Waals surface area (Å²) in [6.45, 7) is 1.69. The third-order valence-electron chi connectivity index (χ3n) is 5.29. The van der Waals surface area contributed by atoms with Crippen molar-refractivity contribution in [1.82, 2.24) is 19.8 Å². The summed E-state index contributed by atoms with van der Waals surface area (Å²) in [4.78, 5) is 15.3. The standard InChI is InChI=1S/C21H21N5OS/c27-20(25-13-7-8-14-25)18-17(15-9-3-1-4-10-15)24-26-19(22-23-21(26)28-18)16-11-5-2-6-12-16/h1-6,9-12,17-18,24H,7-8,13-14H2/t17-,18-/m1/s1. The number of likely N-dealkylation sites (tertiary alicyclic amines) is 1. The normalized spacial score (nSPS) is 21.2. The molecule has 1 amide bonds. The number of aromatic nitrogens is 3. The predicted molar refractivity (Wildman–Crippen MR) is 109 cm³/mol. The quantitative estimate of drug-likeness (QED) is 0.742. The van der Waals surface area contributed by atoms with E-state index < -0.39 is 0 Å². The largest absolute Gasteiger partial charge is 0.342 e. The van der Waals surface area contributed by atoms with Crippen molar-refractivity contribution in [3.63, 3.8) is 0 Å². The van der Waals surface area contributed by atoms with E-state index in [4.69, 9.17) is 0 Å². The number of hydrogen-bond acceptors (Lipinski definition) is 5. The van der Waals surface area contributed by atoms with Crippen LogP contribution in [0.2, 0.25) is 0 Å². The molecule has 1 saturated heterocycles. The van der Waals surface area contributed by atoms with Crippen LogP contribution in [0.4, 0.5) is 0 Å². The molecule has 3 heterocycles. The molecule has 142 valence electrons. The van der Waals surface area contributed by atoms with Gasteiger partial charge in [0.15, 0.2) is 5.82 Å². The Morgan fingerprint density at radius 1 is 0.964 bits per heavy atom. The van der Waals surface area contributed by atoms with Crippen LogP contribution in [0.15, 0.2) is 65.8 Å². The van der Waals surface area contributed by atoms with Crippen molar-refractivity contribution in [2.24, 2.45) is 0 Å². The van der Waals surface area contributed by atoms with Gasteiger partial charge in [-0.05, 0) is 18.4 Å². The first-order valence-corrected chi connectivity index (χ1v) is 10.5. The Labute approximate surface area is 167 Å². The van der Waals surface area contributed by atoms with E-state index in [-0.39, 0.29) is 17.2 Å². The van der Waals surface area contributed by atoms with Gasteiger partial charge < -0.3 is 10.3 Å². The molecule has 1 aromatic heterocycles. The minimum absolute atomic E-state index is 0.148. The Kier molecular flexibility index (Phi) is 4.52. The molecule has 2 aliphatic heterocycles. The average Bonchev–Trinajstić information content (AvgIpc) is 3.43. The molecule has 5 rings (SSSR count). The predicted octanol–water partition coefficient (Wildman–Crippen LogP) is 3.33. The van der Waals surface area contributed by atoms with Crippen LogP contribution in [0.5, 0.6) is 0 Å². The maximum absolute atomic E-state index is 13.3. The molecular weight excluding hydrogens is 370 g/mol. The highest BCUT2D eigenvalue weighted by molar-refractivity contribution is 8.00. The van der Waals surface area contributed by atoms with Crippen molar-refractivity contribution >= 4 is 17.7 Å². The monoisotopic (exact) mass is 391 g/mol. The van der Waals surface area contributed by atoms with Gasteiger partial charge in [0.05, 0.1) is 6.04 Å². The van der Waals surface area contributed by atoms with E-state index in [9.17, 15) is 4.79 Å². The second-order valence-corrected chi connectivity index (χ2v) is 8.20. The number of hydrogen-bond donors (Lipinski definition) is 1. The lowest BCUT2D eigenvalue weighted by molar-refractivity contribution is -0.129. The van der Waals surface area contributed by atoms with Gasteiger partial charge in [-0.3, -0.25) is 4.79 Å². The van der Waals surface area contributed by atoms with Crippen LogP contribution >= 0.6 is 11.8 Å². The number of benzene rings is 2. The molecule has 1 N–H and O–H groups in total. The zero-order valence-corrected chi connectivity index (χ0v) is 16.2. The SMILES string of the molecule is O=C([C@@H]1Sc2nnc(-c3ccccc3)n2N[C@@H]1c1ccccc1)N1CCCC1. The second kappa shape index (κ2) is 7.31. The zero-order chi connectivity index (χ0) is 18.9. The van der Waals surface area contributed by atoms with Crippen LogP contribution in [0.25, 0.3) is 11.4 Å². The van der Waals surface area contributed by atoms with Crippen LogP contribution in [0.3, 0.4) is 0 Å². The summed E-state index contributed by atoms with van der Waals surface area (Å²) in [6.07, 6.45) is 2.17. The van der Waals surface area contributed by atoms with Gasteiger partial charge in [0, 0.05) is 18.7 Å². The molecule has 3 aromatic rings. The van der Waals surface area contributed by atoms with E-state index in [0.29, 0.717) is 0 Å². The molecule has 0 spiro atoms. The summed E-state index contributed by atoms with van der Waals surface area (Å²) in [6, 6.07) is 20.0. The number of carbonyl (C=O) groups is 1. The number of fused-ring (bicyclic) bond motifs is 1. The molecule has 0 bridgehead atoms. The minimum Gasteiger partial charge on any atom is -0.342 e. The number of rotatable bonds is 3. The van der Waals surface area contributed by atoms with E-state index in [1.807, 2.05) is 58.1 Å². The smallest absolute Gasteiger partial charge is 0.238 e. The molecule has 2 atom stereocenters. The van der Waals surface area contributed by atoms with Gasteiger partial charge in [-0.25, -0.2) is 4.68 Å². The lowest BCUT2D eigenvalue weighted by Crippen LogP contribution is -2.45. The van der Waals surface area contributed by atoms with Crippen molar-refractivity contribution in [2.75, 3.05) is 18.5 Å². The van der Waals surface area contributed by atoms with Crippen molar-refractivity contribution in [3.05, 3.63) is 66.2 Å². The van der Waals surface area contributed by atoms with Crippen LogP contribution < -0.4 is 5.43 Å². The molecular formula is C21H21N5OS. The number of carbonyl (C=O) groups excluding carboxylic acids is 1. The molecule has 2 aliphatic rings. The van der Waals surface area contributed by atoms with Crippen LogP contribution in [-0.2, 0) is 4.79 Å². The van der Waals surface area contributed by atoms with E-state index in [0.717, 1.165) is 48.0 Å². The Morgan fingerprint density at radius 3 is 2.36 bits per heavy atom. The van der Waals surface area contributed by atoms with E-state index in [1.165, 1.54) is 11.8 Å². The van der Waals surface area contributed by atoms with E-state index in [1.54, 1.807) is 0 Å². The van der Waals surface area contributed by atoms with Crippen LogP contribution in [0.1, 0.15) is 24.4 Å². The van der Waals surface area contributed by atoms with Gasteiger partial charge in [-0.2, -0.15) is 0 Å². The van der Waals surface area contributed by atoms with Gasteiger partial charge in [0.2, 0.25) is 11.1 Å². The first kappa shape index (κ1) is 17.3. The highest BCUT2D eigenvalue weighted by Gasteiger charge is 2.40. The number of amides is 1. The second-order valence-electron chi connectivity index (χ2n) is 7.10. The first-order valence-electron chi connectivity index (χ1n) is 9.59. The molecule has 0 unspecified atom stereocenters. The fourth-order valence-corrected chi connectivity index (χ4v) is 5.01. The Balaban J connectivity index is 1.54. The highest BCUT2D eigenvalue weighted by Crippen LogP contribution is 2.39. The lowest BCUT2D eigenvalue weighted by atomic mass is 10.0. The van der Waals surface area contributed by atoms with Gasteiger partial charge in [-0.15, -0.1) is 10.2 Å². The summed E-state index contributed by atoms with van der Waals surface area (Å²) < 4.78 is 1.92. The van der Waals surface area contributed by atoms with Crippen molar-refractivity contribution in [3.8, 4) is 11.4 Å². The van der Waals surface area contributed by atoms with Gasteiger partial charge in [0.25, 0.3) is 0 Å². The van der Waals surface area contributed by atoms with E-state index >= 15 is 0 Å². The summed E-state index contributed by atoms with van der Waals surface area (Å²) in [5.74, 6) is 0.940. The molecule has 0 aliphatic carbocycles. The van der Waals surface area contributed by atoms with Crippen molar-refractivity contribution in [2.45, 2.75) is 29.3 Å². The summed E-state index contributed by atoms with van der Waals surface area (Å²) in [7, 11) is 0. The average molecular weight is 392 g/mol. The molecule has 2 aromatic carbocycles. The number of thioether (sulfide) groups is 1. The summed E-state index contributed by atoms with van der Waals surface area (Å²) in [5, 5.41) is 9.22. The lowest BCUT2D eigenvalue weighted by Gasteiger charge is -2.34. The van der Waals surface area contributed by atoms with Gasteiger partial charge in [0.1, 0.15) is 5.25 Å². The number of nitrogens with one attached hydrogen (secondary N) is 1. The van der Waals surface area contributed by atoms with Crippen LogP contribution in [0, 0.1) is 0 Å². The molecule has 7 heteroatoms. The van der Waals surface area contributed by atoms with Gasteiger partial charge in [-0.1, -0.05) is 72.4 Å². The fraction of sp³-hybridized carbons (Fsp3) is 0.286. The van der Waals surface area contributed by atoms with Crippen molar-refractivity contribution in [1.29, 1.82) is 0 Å². The zero-order valence-electron chi connectivity index (χ0n) is 15.4. The van der Waals surface area contributed by atoms with E-state index in [2.05, 4.69) is 27.8 Å². The molecule has 28 heavy (non-hydrogen) atoms. The minimum atomic E-state index is -0.263. The maximum Gasteiger partial charge on any atom is 0.238 e. The molecule has 0 saturated carbocycles. The Morgan fingerprint density at radius 2 is 1.64 bits per heavy atom. The molecule has 0 radical (unpaired) electrons. The number of nitrogens with zero attached hydrogens (tertiary/aromatic N) is 4. The van der Waals surface area contributed by atoms with Crippen molar-refractivity contribution < 1.29 is 4.79 Å². The van der Waals surface area contributed by atoms with Gasteiger partial charge >= 0.3 is 0 Å². The topological polar surface area (TPSA) is 63.1 Å². The Bertz CT molecular complexity index is 969. The summed E-state index contributed by atoms with van der Waals surface area (Å²) >= 11 is 1.51. The fourth-order valence-electron chi connectivity index (χ4n) is 3.85. The van der Waals surface area contributed by atoms with Crippen LogP contribution in [-0.4, -0.2) is 44.0 Å².